The van der Waals surface area contributed by atoms with Gasteiger partial charge in [-0.2, -0.15) is 0 Å². The van der Waals surface area contributed by atoms with E-state index in [2.05, 4.69) is 59.7 Å². The Labute approximate surface area is 181 Å². The molecule has 0 spiro atoms. The molecule has 5 nitrogen and oxygen atoms in total. The third-order valence-electron chi connectivity index (χ3n) is 6.21. The molecule has 0 fully saturated rings. The summed E-state index contributed by atoms with van der Waals surface area (Å²) in [6.45, 7) is 2.15. The first-order valence-corrected chi connectivity index (χ1v) is 10.5. The van der Waals surface area contributed by atoms with Crippen molar-refractivity contribution >= 4 is 23.3 Å². The van der Waals surface area contributed by atoms with Crippen molar-refractivity contribution in [3.63, 3.8) is 0 Å². The number of hydrogen-bond acceptors (Lipinski definition) is 4. The Morgan fingerprint density at radius 2 is 1.94 bits per heavy atom. The zero-order valence-corrected chi connectivity index (χ0v) is 17.2. The van der Waals surface area contributed by atoms with Gasteiger partial charge in [0.15, 0.2) is 0 Å². The van der Waals surface area contributed by atoms with Crippen LogP contribution in [0, 0.1) is 23.0 Å². The predicted octanol–water partition coefficient (Wildman–Crippen LogP) is 6.48. The van der Waals surface area contributed by atoms with E-state index in [0.717, 1.165) is 12.1 Å². The molecule has 5 heteroatoms. The molecule has 3 atom stereocenters. The van der Waals surface area contributed by atoms with Gasteiger partial charge in [-0.25, -0.2) is 0 Å². The lowest BCUT2D eigenvalue weighted by atomic mass is 9.76. The van der Waals surface area contributed by atoms with Gasteiger partial charge in [0.2, 0.25) is 0 Å². The van der Waals surface area contributed by atoms with E-state index >= 15 is 0 Å². The molecule has 2 aliphatic rings. The van der Waals surface area contributed by atoms with Crippen molar-refractivity contribution in [2.45, 2.75) is 25.3 Å². The fraction of sp³-hybridized carbons (Fsp3) is 0.192. The van der Waals surface area contributed by atoms with E-state index in [1.165, 1.54) is 34.5 Å². The van der Waals surface area contributed by atoms with Gasteiger partial charge in [0.1, 0.15) is 0 Å². The molecule has 31 heavy (non-hydrogen) atoms. The lowest BCUT2D eigenvalue weighted by Crippen LogP contribution is -2.29. The number of nitro benzene ring substituents is 1. The molecule has 5 rings (SSSR count). The monoisotopic (exact) mass is 409 g/mol. The number of nitrogens with one attached hydrogen (secondary N) is 1. The van der Waals surface area contributed by atoms with Gasteiger partial charge in [-0.05, 0) is 54.2 Å². The Morgan fingerprint density at radius 1 is 1.10 bits per heavy atom. The molecule has 1 aliphatic carbocycles. The Hall–Kier alpha value is -3.73. The number of rotatable bonds is 4. The summed E-state index contributed by atoms with van der Waals surface area (Å²) in [4.78, 5) is 15.0. The lowest BCUT2D eigenvalue weighted by molar-refractivity contribution is -0.384. The molecular weight excluding hydrogens is 386 g/mol. The molecule has 0 bridgehead atoms. The topological polar surface area (TPSA) is 67.5 Å². The first kappa shape index (κ1) is 19.2. The minimum Gasteiger partial charge on any atom is -0.378 e. The maximum Gasteiger partial charge on any atom is 0.270 e. The highest BCUT2D eigenvalue weighted by Crippen LogP contribution is 2.50. The summed E-state index contributed by atoms with van der Waals surface area (Å²) >= 11 is 0. The highest BCUT2D eigenvalue weighted by Gasteiger charge is 2.37. The summed E-state index contributed by atoms with van der Waals surface area (Å²) < 4.78 is 0. The van der Waals surface area contributed by atoms with Crippen LogP contribution in [0.2, 0.25) is 0 Å². The van der Waals surface area contributed by atoms with E-state index < -0.39 is 4.92 Å². The molecule has 0 radical (unpaired) electrons. The summed E-state index contributed by atoms with van der Waals surface area (Å²) in [6.07, 6.45) is 7.40. The summed E-state index contributed by atoms with van der Waals surface area (Å²) in [5, 5.41) is 14.7. The average molecular weight is 409 g/mol. The zero-order chi connectivity index (χ0) is 21.4. The van der Waals surface area contributed by atoms with Gasteiger partial charge < -0.3 is 5.32 Å². The van der Waals surface area contributed by atoms with Crippen LogP contribution in [0.3, 0.4) is 0 Å². The SMILES string of the molecule is Cc1ccc2c(c1)[C@H]1C=CC[C@@H]1[C@H](c1ccc(N=Cc3cccc([N+](=O)[O-])c3)cc1)N2. The van der Waals surface area contributed by atoms with Crippen molar-refractivity contribution in [1.29, 1.82) is 0 Å². The molecule has 1 heterocycles. The molecule has 0 amide bonds. The van der Waals surface area contributed by atoms with Crippen molar-refractivity contribution < 1.29 is 4.92 Å². The second-order valence-electron chi connectivity index (χ2n) is 8.27. The molecule has 0 saturated carbocycles. The summed E-state index contributed by atoms with van der Waals surface area (Å²) in [5.74, 6) is 0.959. The van der Waals surface area contributed by atoms with Crippen LogP contribution in [0.1, 0.15) is 40.6 Å². The minimum absolute atomic E-state index is 0.0675. The maximum atomic E-state index is 10.9. The number of aliphatic imine (C=N–C) groups is 1. The molecule has 0 saturated heterocycles. The minimum atomic E-state index is -0.395. The van der Waals surface area contributed by atoms with Crippen LogP contribution in [-0.4, -0.2) is 11.1 Å². The quantitative estimate of drug-likeness (QED) is 0.232. The number of nitrogens with zero attached hydrogens (tertiary/aromatic N) is 2. The third kappa shape index (κ3) is 3.75. The van der Waals surface area contributed by atoms with Crippen LogP contribution in [0.4, 0.5) is 17.1 Å². The smallest absolute Gasteiger partial charge is 0.270 e. The van der Waals surface area contributed by atoms with Gasteiger partial charge >= 0.3 is 0 Å². The first-order valence-electron chi connectivity index (χ1n) is 10.5. The predicted molar refractivity (Wildman–Crippen MR) is 124 cm³/mol. The van der Waals surface area contributed by atoms with Gasteiger partial charge in [0.05, 0.1) is 16.7 Å². The Kier molecular flexibility index (Phi) is 4.86. The molecule has 1 N–H and O–H groups in total. The van der Waals surface area contributed by atoms with Crippen molar-refractivity contribution in [3.05, 3.63) is 111 Å². The summed E-state index contributed by atoms with van der Waals surface area (Å²) in [5.41, 5.74) is 6.76. The average Bonchev–Trinajstić information content (AvgIpc) is 3.28. The van der Waals surface area contributed by atoms with Crippen LogP contribution in [-0.2, 0) is 0 Å². The number of nitro groups is 1. The fourth-order valence-corrected chi connectivity index (χ4v) is 4.68. The molecule has 3 aromatic rings. The van der Waals surface area contributed by atoms with E-state index in [1.807, 2.05) is 18.2 Å². The van der Waals surface area contributed by atoms with Crippen molar-refractivity contribution in [2.75, 3.05) is 5.32 Å². The van der Waals surface area contributed by atoms with E-state index in [0.29, 0.717) is 17.4 Å². The van der Waals surface area contributed by atoms with Crippen molar-refractivity contribution in [3.8, 4) is 0 Å². The third-order valence-corrected chi connectivity index (χ3v) is 6.21. The number of aryl methyl sites for hydroxylation is 1. The van der Waals surface area contributed by atoms with E-state index in [-0.39, 0.29) is 11.7 Å². The number of non-ortho nitro benzene ring substituents is 1. The molecule has 154 valence electrons. The molecule has 0 unspecified atom stereocenters. The van der Waals surface area contributed by atoms with E-state index in [1.54, 1.807) is 12.3 Å². The van der Waals surface area contributed by atoms with Crippen molar-refractivity contribution in [2.24, 2.45) is 10.9 Å². The number of benzene rings is 3. The summed E-state index contributed by atoms with van der Waals surface area (Å²) in [7, 11) is 0. The second kappa shape index (κ2) is 7.84. The molecule has 0 aromatic heterocycles. The Balaban J connectivity index is 1.37. The van der Waals surface area contributed by atoms with Gasteiger partial charge in [-0.1, -0.05) is 54.1 Å². The lowest BCUT2D eigenvalue weighted by Gasteiger charge is -2.37. The number of allylic oxidation sites excluding steroid dienone is 2. The zero-order valence-electron chi connectivity index (χ0n) is 17.2. The Bertz CT molecular complexity index is 1200. The van der Waals surface area contributed by atoms with Gasteiger partial charge in [0, 0.05) is 30.0 Å². The highest BCUT2D eigenvalue weighted by atomic mass is 16.6. The maximum absolute atomic E-state index is 10.9. The molecular formula is C26H23N3O2. The number of fused-ring (bicyclic) bond motifs is 3. The van der Waals surface area contributed by atoms with Crippen LogP contribution in [0.25, 0.3) is 0 Å². The normalized spacial score (nSPS) is 21.5. The number of hydrogen-bond donors (Lipinski definition) is 1. The fourth-order valence-electron chi connectivity index (χ4n) is 4.68. The van der Waals surface area contributed by atoms with E-state index in [4.69, 9.17) is 0 Å². The largest absolute Gasteiger partial charge is 0.378 e. The van der Waals surface area contributed by atoms with Crippen LogP contribution in [0.5, 0.6) is 0 Å². The van der Waals surface area contributed by atoms with Gasteiger partial charge in [0.25, 0.3) is 5.69 Å². The van der Waals surface area contributed by atoms with E-state index in [9.17, 15) is 10.1 Å². The van der Waals surface area contributed by atoms with Gasteiger partial charge in [-0.15, -0.1) is 0 Å². The standard InChI is InChI=1S/C26H23N3O2/c1-17-8-13-25-24(14-17)22-6-3-7-23(22)26(28-25)19-9-11-20(12-10-19)27-16-18-4-2-5-21(15-18)29(30)31/h2-6,8-16,22-23,26,28H,7H2,1H3/t22-,23-,26-/m0/s1. The van der Waals surface area contributed by atoms with Crippen LogP contribution >= 0.6 is 0 Å². The second-order valence-corrected chi connectivity index (χ2v) is 8.27. The summed E-state index contributed by atoms with van der Waals surface area (Å²) in [6, 6.07) is 21.7. The highest BCUT2D eigenvalue weighted by molar-refractivity contribution is 5.82. The van der Waals surface area contributed by atoms with Crippen molar-refractivity contribution in [1.82, 2.24) is 0 Å². The Morgan fingerprint density at radius 3 is 2.74 bits per heavy atom. The van der Waals surface area contributed by atoms with Gasteiger partial charge in [-0.3, -0.25) is 15.1 Å². The number of anilines is 1. The molecule has 3 aromatic carbocycles. The van der Waals surface area contributed by atoms with Crippen LogP contribution in [0.15, 0.2) is 83.9 Å². The van der Waals surface area contributed by atoms with Crippen LogP contribution < -0.4 is 5.32 Å². The molecule has 1 aliphatic heterocycles. The first-order chi connectivity index (χ1) is 15.1.